The third-order valence-corrected chi connectivity index (χ3v) is 3.21. The van der Waals surface area contributed by atoms with Crippen molar-refractivity contribution in [1.29, 1.82) is 0 Å². The average Bonchev–Trinajstić information content (AvgIpc) is 2.56. The van der Waals surface area contributed by atoms with E-state index in [-0.39, 0.29) is 16.4 Å². The van der Waals surface area contributed by atoms with Crippen LogP contribution in [0.1, 0.15) is 16.3 Å². The largest absolute Gasteiger partial charge is 0.455 e. The number of hydrogen-bond acceptors (Lipinski definition) is 4. The molecule has 1 aromatic rings. The minimum Gasteiger partial charge on any atom is -0.455 e. The van der Waals surface area contributed by atoms with Crippen LogP contribution in [0.3, 0.4) is 0 Å². The third-order valence-electron chi connectivity index (χ3n) is 1.78. The molecular formula is C8H8ClF2NO4S. The van der Waals surface area contributed by atoms with Gasteiger partial charge in [0.2, 0.25) is 0 Å². The standard InChI is InChI=1S/C8H8ClF2NO4S/c1-4-6(17(9,14)15)2-5(16-4)8(13)12-3-7(10)11/h2,7H,3H2,1H3,(H,12,13). The number of nitrogens with one attached hydrogen (secondary N) is 1. The van der Waals surface area contributed by atoms with Gasteiger partial charge in [0.15, 0.2) is 5.76 Å². The number of furan rings is 1. The number of hydrogen-bond donors (Lipinski definition) is 1. The Kier molecular flexibility index (Phi) is 4.10. The van der Waals surface area contributed by atoms with E-state index in [9.17, 15) is 22.0 Å². The molecule has 0 unspecified atom stereocenters. The van der Waals surface area contributed by atoms with E-state index in [1.54, 1.807) is 0 Å². The van der Waals surface area contributed by atoms with E-state index in [1.807, 2.05) is 5.32 Å². The molecule has 1 rings (SSSR count). The average molecular weight is 288 g/mol. The van der Waals surface area contributed by atoms with Crippen molar-refractivity contribution in [2.24, 2.45) is 0 Å². The van der Waals surface area contributed by atoms with Crippen LogP contribution in [0, 0.1) is 6.92 Å². The molecule has 0 saturated carbocycles. The maximum atomic E-state index is 11.8. The molecule has 0 aliphatic rings. The summed E-state index contributed by atoms with van der Waals surface area (Å²) in [6, 6.07) is 0.887. The second-order valence-corrected chi connectivity index (χ2v) is 5.60. The molecule has 0 aromatic carbocycles. The number of carbonyl (C=O) groups is 1. The van der Waals surface area contributed by atoms with Crippen molar-refractivity contribution in [2.75, 3.05) is 6.54 Å². The fraction of sp³-hybridized carbons (Fsp3) is 0.375. The van der Waals surface area contributed by atoms with Crippen molar-refractivity contribution in [3.8, 4) is 0 Å². The molecular weight excluding hydrogens is 280 g/mol. The van der Waals surface area contributed by atoms with E-state index < -0.39 is 27.9 Å². The first kappa shape index (κ1) is 13.9. The summed E-state index contributed by atoms with van der Waals surface area (Å²) in [5.41, 5.74) is 0. The van der Waals surface area contributed by atoms with E-state index in [1.165, 1.54) is 6.92 Å². The monoisotopic (exact) mass is 287 g/mol. The van der Waals surface area contributed by atoms with Crippen LogP contribution >= 0.6 is 10.7 Å². The quantitative estimate of drug-likeness (QED) is 0.852. The van der Waals surface area contributed by atoms with Crippen molar-refractivity contribution >= 4 is 25.6 Å². The van der Waals surface area contributed by atoms with E-state index in [0.717, 1.165) is 6.07 Å². The molecule has 1 aromatic heterocycles. The Bertz CT molecular complexity index is 526. The fourth-order valence-corrected chi connectivity index (χ4v) is 2.17. The predicted octanol–water partition coefficient (Wildman–Crippen LogP) is 1.51. The van der Waals surface area contributed by atoms with E-state index in [0.29, 0.717) is 0 Å². The Morgan fingerprint density at radius 3 is 2.59 bits per heavy atom. The van der Waals surface area contributed by atoms with Crippen LogP contribution in [0.15, 0.2) is 15.4 Å². The predicted molar refractivity (Wildman–Crippen MR) is 54.8 cm³/mol. The summed E-state index contributed by atoms with van der Waals surface area (Å²) in [6.45, 7) is 0.445. The summed E-state index contributed by atoms with van der Waals surface area (Å²) < 4.78 is 50.5. The molecule has 96 valence electrons. The third kappa shape index (κ3) is 3.67. The van der Waals surface area contributed by atoms with E-state index in [4.69, 9.17) is 15.1 Å². The van der Waals surface area contributed by atoms with Gasteiger partial charge in [-0.3, -0.25) is 4.79 Å². The van der Waals surface area contributed by atoms with Crippen molar-refractivity contribution in [1.82, 2.24) is 5.32 Å². The number of amides is 1. The molecule has 0 radical (unpaired) electrons. The molecule has 1 amide bonds. The molecule has 0 saturated heterocycles. The van der Waals surface area contributed by atoms with E-state index in [2.05, 4.69) is 0 Å². The number of halogens is 3. The number of alkyl halides is 2. The highest BCUT2D eigenvalue weighted by molar-refractivity contribution is 8.13. The van der Waals surface area contributed by atoms with Gasteiger partial charge in [-0.15, -0.1) is 0 Å². The maximum Gasteiger partial charge on any atom is 0.287 e. The number of aryl methyl sites for hydroxylation is 1. The summed E-state index contributed by atoms with van der Waals surface area (Å²) >= 11 is 0. The van der Waals surface area contributed by atoms with Crippen LogP contribution in [-0.2, 0) is 9.05 Å². The van der Waals surface area contributed by atoms with Crippen molar-refractivity contribution < 1.29 is 26.4 Å². The maximum absolute atomic E-state index is 11.8. The van der Waals surface area contributed by atoms with Gasteiger partial charge in [0.05, 0.1) is 6.54 Å². The Labute approximate surface area is 100 Å². The molecule has 0 aliphatic carbocycles. The molecule has 1 heterocycles. The van der Waals surface area contributed by atoms with Crippen molar-refractivity contribution in [3.63, 3.8) is 0 Å². The lowest BCUT2D eigenvalue weighted by Gasteiger charge is -2.00. The zero-order chi connectivity index (χ0) is 13.2. The van der Waals surface area contributed by atoms with Gasteiger partial charge in [-0.05, 0) is 6.92 Å². The molecule has 1 N–H and O–H groups in total. The Morgan fingerprint density at radius 1 is 1.59 bits per heavy atom. The van der Waals surface area contributed by atoms with Gasteiger partial charge < -0.3 is 9.73 Å². The van der Waals surface area contributed by atoms with Crippen LogP contribution in [0.4, 0.5) is 8.78 Å². The second-order valence-electron chi connectivity index (χ2n) is 3.07. The lowest BCUT2D eigenvalue weighted by Crippen LogP contribution is -2.28. The summed E-state index contributed by atoms with van der Waals surface area (Å²) in [5, 5.41) is 1.87. The first-order valence-corrected chi connectivity index (χ1v) is 6.64. The summed E-state index contributed by atoms with van der Waals surface area (Å²) in [6.07, 6.45) is -2.70. The second kappa shape index (κ2) is 5.01. The van der Waals surface area contributed by atoms with Crippen LogP contribution in [0.2, 0.25) is 0 Å². The lowest BCUT2D eigenvalue weighted by molar-refractivity contribution is 0.0864. The highest BCUT2D eigenvalue weighted by Crippen LogP contribution is 2.23. The number of carbonyl (C=O) groups excluding carboxylic acids is 1. The summed E-state index contributed by atoms with van der Waals surface area (Å²) in [5.74, 6) is -1.40. The SMILES string of the molecule is Cc1oc(C(=O)NCC(F)F)cc1S(=O)(=O)Cl. The van der Waals surface area contributed by atoms with Crippen molar-refractivity contribution in [2.45, 2.75) is 18.2 Å². The highest BCUT2D eigenvalue weighted by atomic mass is 35.7. The first-order valence-electron chi connectivity index (χ1n) is 4.33. The Hall–Kier alpha value is -1.15. The smallest absolute Gasteiger partial charge is 0.287 e. The summed E-state index contributed by atoms with van der Waals surface area (Å²) in [7, 11) is 1.04. The van der Waals surface area contributed by atoms with Gasteiger partial charge in [0.1, 0.15) is 10.7 Å². The molecule has 0 atom stereocenters. The van der Waals surface area contributed by atoms with Crippen LogP contribution < -0.4 is 5.32 Å². The van der Waals surface area contributed by atoms with Gasteiger partial charge in [-0.1, -0.05) is 0 Å². The van der Waals surface area contributed by atoms with E-state index >= 15 is 0 Å². The molecule has 5 nitrogen and oxygen atoms in total. The molecule has 0 bridgehead atoms. The minimum atomic E-state index is -4.03. The topological polar surface area (TPSA) is 76.4 Å². The normalized spacial score (nSPS) is 11.8. The van der Waals surface area contributed by atoms with Gasteiger partial charge in [0.25, 0.3) is 21.4 Å². The van der Waals surface area contributed by atoms with Crippen LogP contribution in [0.5, 0.6) is 0 Å². The van der Waals surface area contributed by atoms with Gasteiger partial charge >= 0.3 is 0 Å². The molecule has 0 fully saturated rings. The van der Waals surface area contributed by atoms with Crippen molar-refractivity contribution in [3.05, 3.63) is 17.6 Å². The van der Waals surface area contributed by atoms with Gasteiger partial charge in [-0.25, -0.2) is 17.2 Å². The van der Waals surface area contributed by atoms with Gasteiger partial charge in [0, 0.05) is 16.7 Å². The van der Waals surface area contributed by atoms with Crippen LogP contribution in [0.25, 0.3) is 0 Å². The zero-order valence-corrected chi connectivity index (χ0v) is 10.1. The zero-order valence-electron chi connectivity index (χ0n) is 8.54. The minimum absolute atomic E-state index is 0.0813. The van der Waals surface area contributed by atoms with Gasteiger partial charge in [-0.2, -0.15) is 0 Å². The Morgan fingerprint density at radius 2 is 2.18 bits per heavy atom. The lowest BCUT2D eigenvalue weighted by atomic mass is 10.4. The Balaban J connectivity index is 2.91. The number of rotatable bonds is 4. The molecule has 17 heavy (non-hydrogen) atoms. The highest BCUT2D eigenvalue weighted by Gasteiger charge is 2.22. The molecule has 0 spiro atoms. The molecule has 9 heteroatoms. The summed E-state index contributed by atoms with van der Waals surface area (Å²) in [4.78, 5) is 10.9. The van der Waals surface area contributed by atoms with Crippen LogP contribution in [-0.4, -0.2) is 27.3 Å². The fourth-order valence-electron chi connectivity index (χ4n) is 1.08. The molecule has 0 aliphatic heterocycles. The first-order chi connectivity index (χ1) is 7.71.